The lowest BCUT2D eigenvalue weighted by Gasteiger charge is -2.19. The molecule has 1 aromatic rings. The molecule has 5 nitrogen and oxygen atoms in total. The van der Waals surface area contributed by atoms with Crippen LogP contribution in [0.15, 0.2) is 27.6 Å². The van der Waals surface area contributed by atoms with E-state index in [2.05, 4.69) is 39.4 Å². The number of nitrogens with two attached hydrogens (primary N) is 1. The number of nitrogens with zero attached hydrogens (tertiary/aromatic N) is 1. The number of benzene rings is 1. The molecule has 0 aliphatic carbocycles. The van der Waals surface area contributed by atoms with Crippen molar-refractivity contribution in [2.45, 2.75) is 25.2 Å². The molecule has 0 aliphatic rings. The number of nitrogens with one attached hydrogen (secondary N) is 1. The summed E-state index contributed by atoms with van der Waals surface area (Å²) in [7, 11) is -3.51. The lowest BCUT2D eigenvalue weighted by molar-refractivity contribution is 0.293. The first kappa shape index (κ1) is 17.4. The lowest BCUT2D eigenvalue weighted by atomic mass is 10.3. The van der Waals surface area contributed by atoms with Gasteiger partial charge in [-0.25, -0.2) is 13.1 Å². The summed E-state index contributed by atoms with van der Waals surface area (Å²) in [6.45, 7) is 7.17. The standard InChI is InChI=1S/C13H22BrN3O2S/c1-3-8-17(4-2)9-7-16-20(18,19)13-6-5-11(15)10-12(13)14/h5-6,10,16H,3-4,7-9,15H2,1-2H3. The van der Waals surface area contributed by atoms with Crippen LogP contribution in [0.3, 0.4) is 0 Å². The predicted octanol–water partition coefficient (Wildman–Crippen LogP) is 2.04. The average Bonchev–Trinajstić information content (AvgIpc) is 2.37. The molecule has 0 atom stereocenters. The van der Waals surface area contributed by atoms with Crippen LogP contribution in [0.1, 0.15) is 20.3 Å². The molecular weight excluding hydrogens is 342 g/mol. The number of hydrogen-bond donors (Lipinski definition) is 2. The molecule has 0 fully saturated rings. The number of anilines is 1. The zero-order valence-electron chi connectivity index (χ0n) is 11.9. The second-order valence-corrected chi connectivity index (χ2v) is 7.11. The minimum atomic E-state index is -3.51. The first-order valence-electron chi connectivity index (χ1n) is 6.67. The van der Waals surface area contributed by atoms with Crippen molar-refractivity contribution in [2.75, 3.05) is 31.9 Å². The molecule has 1 rings (SSSR count). The maximum Gasteiger partial charge on any atom is 0.241 e. The Bertz CT molecular complexity index is 534. The highest BCUT2D eigenvalue weighted by Gasteiger charge is 2.17. The Balaban J connectivity index is 2.66. The van der Waals surface area contributed by atoms with Crippen molar-refractivity contribution in [2.24, 2.45) is 0 Å². The second kappa shape index (κ2) is 7.97. The predicted molar refractivity (Wildman–Crippen MR) is 86.1 cm³/mol. The van der Waals surface area contributed by atoms with Gasteiger partial charge in [0.2, 0.25) is 10.0 Å². The average molecular weight is 364 g/mol. The van der Waals surface area contributed by atoms with Gasteiger partial charge in [0.05, 0.1) is 4.90 Å². The molecule has 3 N–H and O–H groups in total. The molecule has 0 amide bonds. The van der Waals surface area contributed by atoms with Crippen LogP contribution in [0, 0.1) is 0 Å². The lowest BCUT2D eigenvalue weighted by Crippen LogP contribution is -2.35. The quantitative estimate of drug-likeness (QED) is 0.693. The van der Waals surface area contributed by atoms with E-state index in [0.29, 0.717) is 23.2 Å². The van der Waals surface area contributed by atoms with Gasteiger partial charge in [-0.1, -0.05) is 13.8 Å². The molecular formula is C13H22BrN3O2S. The first-order chi connectivity index (χ1) is 9.40. The maximum atomic E-state index is 12.2. The van der Waals surface area contributed by atoms with Gasteiger partial charge in [-0.2, -0.15) is 0 Å². The smallest absolute Gasteiger partial charge is 0.241 e. The fourth-order valence-corrected chi connectivity index (χ4v) is 4.01. The summed E-state index contributed by atoms with van der Waals surface area (Å²) in [5.74, 6) is 0. The van der Waals surface area contributed by atoms with Gasteiger partial charge in [0.1, 0.15) is 0 Å². The Morgan fingerprint density at radius 1 is 1.30 bits per heavy atom. The summed E-state index contributed by atoms with van der Waals surface area (Å²) in [6, 6.07) is 4.67. The SMILES string of the molecule is CCCN(CC)CCNS(=O)(=O)c1ccc(N)cc1Br. The zero-order valence-corrected chi connectivity index (χ0v) is 14.3. The Hall–Kier alpha value is -0.630. The fourth-order valence-electron chi connectivity index (χ4n) is 1.90. The molecule has 0 heterocycles. The van der Waals surface area contributed by atoms with E-state index in [9.17, 15) is 8.42 Å². The number of halogens is 1. The molecule has 0 spiro atoms. The van der Waals surface area contributed by atoms with Crippen LogP contribution in [0.5, 0.6) is 0 Å². The summed E-state index contributed by atoms with van der Waals surface area (Å²) < 4.78 is 27.5. The van der Waals surface area contributed by atoms with Gasteiger partial charge >= 0.3 is 0 Å². The third kappa shape index (κ3) is 5.05. The number of hydrogen-bond acceptors (Lipinski definition) is 4. The van der Waals surface area contributed by atoms with Crippen LogP contribution in [0.25, 0.3) is 0 Å². The maximum absolute atomic E-state index is 12.2. The van der Waals surface area contributed by atoms with E-state index in [4.69, 9.17) is 5.73 Å². The van der Waals surface area contributed by atoms with Crippen molar-refractivity contribution >= 4 is 31.6 Å². The van der Waals surface area contributed by atoms with Gasteiger partial charge < -0.3 is 10.6 Å². The van der Waals surface area contributed by atoms with Crippen LogP contribution >= 0.6 is 15.9 Å². The Morgan fingerprint density at radius 3 is 2.55 bits per heavy atom. The molecule has 0 aliphatic heterocycles. The topological polar surface area (TPSA) is 75.4 Å². The highest BCUT2D eigenvalue weighted by Crippen LogP contribution is 2.23. The van der Waals surface area contributed by atoms with Crippen molar-refractivity contribution in [3.05, 3.63) is 22.7 Å². The Morgan fingerprint density at radius 2 is 2.00 bits per heavy atom. The molecule has 0 unspecified atom stereocenters. The van der Waals surface area contributed by atoms with Crippen LogP contribution < -0.4 is 10.5 Å². The number of sulfonamides is 1. The van der Waals surface area contributed by atoms with E-state index in [1.54, 1.807) is 12.1 Å². The highest BCUT2D eigenvalue weighted by molar-refractivity contribution is 9.10. The van der Waals surface area contributed by atoms with E-state index in [1.807, 2.05) is 0 Å². The first-order valence-corrected chi connectivity index (χ1v) is 8.95. The number of nitrogen functional groups attached to an aromatic ring is 1. The van der Waals surface area contributed by atoms with Crippen molar-refractivity contribution in [1.29, 1.82) is 0 Å². The molecule has 0 aromatic heterocycles. The Kier molecular flexibility index (Phi) is 6.94. The molecule has 1 aromatic carbocycles. The third-order valence-corrected chi connectivity index (χ3v) is 5.39. The van der Waals surface area contributed by atoms with Crippen LogP contribution in [0.4, 0.5) is 5.69 Å². The van der Waals surface area contributed by atoms with E-state index in [1.165, 1.54) is 6.07 Å². The van der Waals surface area contributed by atoms with Crippen molar-refractivity contribution in [3.8, 4) is 0 Å². The molecule has 114 valence electrons. The van der Waals surface area contributed by atoms with Crippen LogP contribution in [0.2, 0.25) is 0 Å². The molecule has 0 bridgehead atoms. The molecule has 0 saturated carbocycles. The summed E-state index contributed by atoms with van der Waals surface area (Å²) in [6.07, 6.45) is 1.06. The molecule has 0 radical (unpaired) electrons. The van der Waals surface area contributed by atoms with Crippen molar-refractivity contribution < 1.29 is 8.42 Å². The molecule has 7 heteroatoms. The molecule has 0 saturated heterocycles. The minimum Gasteiger partial charge on any atom is -0.399 e. The van der Waals surface area contributed by atoms with E-state index in [0.717, 1.165) is 19.5 Å². The number of likely N-dealkylation sites (N-methyl/N-ethyl adjacent to an activating group) is 1. The second-order valence-electron chi connectivity index (χ2n) is 4.52. The van der Waals surface area contributed by atoms with Gasteiger partial charge in [0, 0.05) is 23.2 Å². The summed E-state index contributed by atoms with van der Waals surface area (Å²) in [5, 5.41) is 0. The minimum absolute atomic E-state index is 0.213. The normalized spacial score (nSPS) is 12.0. The van der Waals surface area contributed by atoms with Gasteiger partial charge in [-0.3, -0.25) is 0 Å². The van der Waals surface area contributed by atoms with Gasteiger partial charge in [-0.05, 0) is 53.6 Å². The molecule has 20 heavy (non-hydrogen) atoms. The van der Waals surface area contributed by atoms with E-state index >= 15 is 0 Å². The van der Waals surface area contributed by atoms with Crippen LogP contribution in [-0.2, 0) is 10.0 Å². The largest absolute Gasteiger partial charge is 0.399 e. The summed E-state index contributed by atoms with van der Waals surface area (Å²) in [4.78, 5) is 2.42. The highest BCUT2D eigenvalue weighted by atomic mass is 79.9. The van der Waals surface area contributed by atoms with Crippen molar-refractivity contribution in [1.82, 2.24) is 9.62 Å². The summed E-state index contributed by atoms with van der Waals surface area (Å²) in [5.41, 5.74) is 6.13. The van der Waals surface area contributed by atoms with Gasteiger partial charge in [-0.15, -0.1) is 0 Å². The third-order valence-electron chi connectivity index (χ3n) is 2.95. The van der Waals surface area contributed by atoms with Crippen LogP contribution in [-0.4, -0.2) is 39.5 Å². The van der Waals surface area contributed by atoms with Gasteiger partial charge in [0.15, 0.2) is 0 Å². The monoisotopic (exact) mass is 363 g/mol. The number of rotatable bonds is 8. The zero-order chi connectivity index (χ0) is 15.2. The fraction of sp³-hybridized carbons (Fsp3) is 0.538. The van der Waals surface area contributed by atoms with Crippen molar-refractivity contribution in [3.63, 3.8) is 0 Å². The van der Waals surface area contributed by atoms with E-state index in [-0.39, 0.29) is 4.90 Å². The Labute approximate surface area is 129 Å². The van der Waals surface area contributed by atoms with Gasteiger partial charge in [0.25, 0.3) is 0 Å². The van der Waals surface area contributed by atoms with E-state index < -0.39 is 10.0 Å². The summed E-state index contributed by atoms with van der Waals surface area (Å²) >= 11 is 3.23.